The van der Waals surface area contributed by atoms with Gasteiger partial charge in [0.15, 0.2) is 0 Å². The normalized spacial score (nSPS) is 23.0. The Hall–Kier alpha value is 0.270. The molecule has 3 heteroatoms. The summed E-state index contributed by atoms with van der Waals surface area (Å²) in [7, 11) is 0. The van der Waals surface area contributed by atoms with Crippen LogP contribution in [0.15, 0.2) is 0 Å². The predicted octanol–water partition coefficient (Wildman–Crippen LogP) is 1.36. The number of hydrogen-bond acceptors (Lipinski definition) is 3. The molecule has 0 atom stereocenters. The van der Waals surface area contributed by atoms with Crippen LogP contribution < -0.4 is 0 Å². The smallest absolute Gasteiger partial charge is 0.221 e. The lowest BCUT2D eigenvalue weighted by Gasteiger charge is -2.20. The van der Waals surface area contributed by atoms with Gasteiger partial charge in [-0.2, -0.15) is 11.8 Å². The highest BCUT2D eigenvalue weighted by atomic mass is 32.2. The molecule has 0 bridgehead atoms. The molecular weight excluding hydrogens is 136 g/mol. The molecule has 0 aromatic rings. The lowest BCUT2D eigenvalue weighted by Crippen LogP contribution is -2.17. The number of rotatable bonds is 1. The van der Waals surface area contributed by atoms with E-state index in [2.05, 4.69) is 0 Å². The molecule has 2 nitrogen and oxygen atoms in total. The van der Waals surface area contributed by atoms with Crippen LogP contribution in [0.4, 0.5) is 0 Å². The second kappa shape index (κ2) is 3.44. The number of thioether (sulfide) groups is 1. The van der Waals surface area contributed by atoms with E-state index in [-0.39, 0.29) is 12.2 Å². The highest BCUT2D eigenvalue weighted by molar-refractivity contribution is 7.99. The minimum atomic E-state index is -0.365. The van der Waals surface area contributed by atoms with Crippen LogP contribution >= 0.6 is 11.8 Å². The van der Waals surface area contributed by atoms with E-state index in [0.29, 0.717) is 0 Å². The number of aliphatic hydroxyl groups is 2. The molecule has 0 aromatic carbocycles. The summed E-state index contributed by atoms with van der Waals surface area (Å²) in [6.07, 6.45) is 1.48. The van der Waals surface area contributed by atoms with Gasteiger partial charge in [-0.15, -0.1) is 0 Å². The molecule has 53 valence electrons. The van der Waals surface area contributed by atoms with Crippen molar-refractivity contribution in [2.45, 2.75) is 12.8 Å². The Morgan fingerprint density at radius 1 is 1.22 bits per heavy atom. The van der Waals surface area contributed by atoms with E-state index in [4.69, 9.17) is 10.2 Å². The van der Waals surface area contributed by atoms with Crippen LogP contribution in [0.5, 0.6) is 0 Å². The summed E-state index contributed by atoms with van der Waals surface area (Å²) in [6, 6.07) is 0. The van der Waals surface area contributed by atoms with E-state index in [1.807, 2.05) is 11.8 Å². The second-order valence-corrected chi connectivity index (χ2v) is 3.47. The molecule has 0 amide bonds. The Balaban J connectivity index is 2.23. The average molecular weight is 147 g/mol. The molecule has 0 spiro atoms. The Bertz CT molecular complexity index is 79.1. The molecule has 1 rings (SSSR count). The van der Waals surface area contributed by atoms with Gasteiger partial charge in [0, 0.05) is 5.92 Å². The number of aliphatic hydroxyl groups excluding tert-OH is 1. The Kier molecular flexibility index (Phi) is 2.82. The fourth-order valence-corrected chi connectivity index (χ4v) is 2.06. The maximum atomic E-state index is 8.64. The molecule has 1 aliphatic heterocycles. The zero-order chi connectivity index (χ0) is 6.69. The van der Waals surface area contributed by atoms with Crippen molar-refractivity contribution in [1.29, 1.82) is 0 Å². The molecule has 1 heterocycles. The fraction of sp³-hybridized carbons (Fsp3) is 0.833. The van der Waals surface area contributed by atoms with Crippen LogP contribution in [0.2, 0.25) is 0 Å². The van der Waals surface area contributed by atoms with Crippen LogP contribution in [0.3, 0.4) is 0 Å². The van der Waals surface area contributed by atoms with Crippen molar-refractivity contribution < 1.29 is 10.2 Å². The van der Waals surface area contributed by atoms with E-state index in [1.54, 1.807) is 0 Å². The third kappa shape index (κ3) is 2.16. The van der Waals surface area contributed by atoms with Crippen molar-refractivity contribution in [1.82, 2.24) is 0 Å². The van der Waals surface area contributed by atoms with Crippen molar-refractivity contribution in [3.05, 3.63) is 6.29 Å². The van der Waals surface area contributed by atoms with Gasteiger partial charge in [-0.25, -0.2) is 0 Å². The standard InChI is InChI=1S/C6H11O2S/c7-6(8)5-1-3-9-4-2-5/h5,7-8H,1-4H2. The maximum absolute atomic E-state index is 8.64. The fourth-order valence-electron chi connectivity index (χ4n) is 0.956. The summed E-state index contributed by atoms with van der Waals surface area (Å²) >= 11 is 1.88. The van der Waals surface area contributed by atoms with Crippen molar-refractivity contribution in [3.8, 4) is 0 Å². The first-order chi connectivity index (χ1) is 4.30. The quantitative estimate of drug-likeness (QED) is 0.588. The molecular formula is C6H11O2S. The maximum Gasteiger partial charge on any atom is 0.221 e. The first-order valence-electron chi connectivity index (χ1n) is 3.13. The second-order valence-electron chi connectivity index (χ2n) is 2.24. The van der Waals surface area contributed by atoms with Gasteiger partial charge >= 0.3 is 0 Å². The van der Waals surface area contributed by atoms with Crippen LogP contribution in [0.1, 0.15) is 12.8 Å². The minimum absolute atomic E-state index is 0.0613. The van der Waals surface area contributed by atoms with Crippen LogP contribution in [-0.2, 0) is 0 Å². The van der Waals surface area contributed by atoms with Gasteiger partial charge in [-0.1, -0.05) is 0 Å². The zero-order valence-corrected chi connectivity index (χ0v) is 6.02. The van der Waals surface area contributed by atoms with Crippen LogP contribution in [-0.4, -0.2) is 21.7 Å². The van der Waals surface area contributed by atoms with Crippen molar-refractivity contribution in [2.24, 2.45) is 5.92 Å². The lowest BCUT2D eigenvalue weighted by molar-refractivity contribution is 0.0305. The van der Waals surface area contributed by atoms with E-state index < -0.39 is 0 Å². The summed E-state index contributed by atoms with van der Waals surface area (Å²) in [5.74, 6) is 2.19. The van der Waals surface area contributed by atoms with E-state index in [1.165, 1.54) is 0 Å². The highest BCUT2D eigenvalue weighted by Crippen LogP contribution is 2.26. The van der Waals surface area contributed by atoms with Gasteiger partial charge in [0.1, 0.15) is 0 Å². The largest absolute Gasteiger partial charge is 0.361 e. The van der Waals surface area contributed by atoms with E-state index in [9.17, 15) is 0 Å². The molecule has 2 N–H and O–H groups in total. The van der Waals surface area contributed by atoms with Gasteiger partial charge in [0.05, 0.1) is 0 Å². The molecule has 9 heavy (non-hydrogen) atoms. The Labute approximate surface area is 59.3 Å². The molecule has 0 aromatic heterocycles. The number of hydrogen-bond donors (Lipinski definition) is 2. The molecule has 0 aliphatic carbocycles. The third-order valence-corrected chi connectivity index (χ3v) is 2.64. The highest BCUT2D eigenvalue weighted by Gasteiger charge is 2.20. The van der Waals surface area contributed by atoms with E-state index >= 15 is 0 Å². The Morgan fingerprint density at radius 2 is 1.78 bits per heavy atom. The summed E-state index contributed by atoms with van der Waals surface area (Å²) < 4.78 is 0. The van der Waals surface area contributed by atoms with Crippen LogP contribution in [0, 0.1) is 12.2 Å². The van der Waals surface area contributed by atoms with E-state index in [0.717, 1.165) is 24.3 Å². The third-order valence-electron chi connectivity index (χ3n) is 1.59. The molecule has 0 unspecified atom stereocenters. The lowest BCUT2D eigenvalue weighted by atomic mass is 10.0. The average Bonchev–Trinajstić information content (AvgIpc) is 1.90. The molecule has 0 saturated carbocycles. The predicted molar refractivity (Wildman–Crippen MR) is 37.2 cm³/mol. The van der Waals surface area contributed by atoms with Crippen molar-refractivity contribution in [3.63, 3.8) is 0 Å². The zero-order valence-electron chi connectivity index (χ0n) is 5.21. The molecule has 1 saturated heterocycles. The summed E-state index contributed by atoms with van der Waals surface area (Å²) in [6.45, 7) is 0. The molecule has 1 radical (unpaired) electrons. The summed E-state index contributed by atoms with van der Waals surface area (Å²) in [5, 5.41) is 17.3. The topological polar surface area (TPSA) is 40.5 Å². The van der Waals surface area contributed by atoms with Gasteiger partial charge in [-0.3, -0.25) is 0 Å². The van der Waals surface area contributed by atoms with Crippen LogP contribution in [0.25, 0.3) is 0 Å². The summed E-state index contributed by atoms with van der Waals surface area (Å²) in [4.78, 5) is 0. The minimum Gasteiger partial charge on any atom is -0.361 e. The SMILES string of the molecule is O[C](O)C1CCSCC1. The van der Waals surface area contributed by atoms with Gasteiger partial charge in [0.2, 0.25) is 6.29 Å². The monoisotopic (exact) mass is 147 g/mol. The van der Waals surface area contributed by atoms with Gasteiger partial charge < -0.3 is 10.2 Å². The van der Waals surface area contributed by atoms with Gasteiger partial charge in [-0.05, 0) is 24.3 Å². The van der Waals surface area contributed by atoms with Crippen molar-refractivity contribution >= 4 is 11.8 Å². The first kappa shape index (κ1) is 7.38. The Morgan fingerprint density at radius 3 is 2.11 bits per heavy atom. The molecule has 1 fully saturated rings. The summed E-state index contributed by atoms with van der Waals surface area (Å²) in [5.41, 5.74) is 0. The van der Waals surface area contributed by atoms with Gasteiger partial charge in [0.25, 0.3) is 0 Å². The first-order valence-corrected chi connectivity index (χ1v) is 4.28. The van der Waals surface area contributed by atoms with Crippen molar-refractivity contribution in [2.75, 3.05) is 11.5 Å². The molecule has 1 aliphatic rings.